The summed E-state index contributed by atoms with van der Waals surface area (Å²) in [6.07, 6.45) is -0.646. The number of carbonyl (C=O) groups is 1. The van der Waals surface area contributed by atoms with Crippen LogP contribution in [0.4, 0.5) is 5.69 Å². The molecule has 0 spiro atoms. The second-order valence-electron chi connectivity index (χ2n) is 3.71. The zero-order chi connectivity index (χ0) is 13.5. The van der Waals surface area contributed by atoms with E-state index in [4.69, 9.17) is 4.74 Å². The summed E-state index contributed by atoms with van der Waals surface area (Å²) in [5.41, 5.74) is 0.344. The first-order valence-corrected chi connectivity index (χ1v) is 5.62. The second-order valence-corrected chi connectivity index (χ2v) is 3.71. The average Bonchev–Trinajstić information content (AvgIpc) is 2.36. The van der Waals surface area contributed by atoms with Crippen LogP contribution in [-0.2, 0) is 9.53 Å². The molecule has 0 radical (unpaired) electrons. The van der Waals surface area contributed by atoms with Gasteiger partial charge in [-0.25, -0.2) is 0 Å². The molecule has 6 nitrogen and oxygen atoms in total. The average molecular weight is 253 g/mol. The van der Waals surface area contributed by atoms with Gasteiger partial charge in [-0.1, -0.05) is 12.1 Å². The molecule has 1 unspecified atom stereocenters. The minimum Gasteiger partial charge on any atom is -0.466 e. The molecule has 1 aromatic carbocycles. The van der Waals surface area contributed by atoms with Crippen molar-refractivity contribution in [3.63, 3.8) is 0 Å². The maximum Gasteiger partial charge on any atom is 0.305 e. The number of esters is 1. The lowest BCUT2D eigenvalue weighted by molar-refractivity contribution is -0.385. The SMILES string of the molecule is CCOC(=O)CCC(O)c1cccc([N+](=O)[O-])c1. The summed E-state index contributed by atoms with van der Waals surface area (Å²) in [6, 6.07) is 5.74. The molecular weight excluding hydrogens is 238 g/mol. The Hall–Kier alpha value is -1.95. The van der Waals surface area contributed by atoms with E-state index in [9.17, 15) is 20.0 Å². The predicted octanol–water partition coefficient (Wildman–Crippen LogP) is 1.97. The number of aliphatic hydroxyl groups is 1. The van der Waals surface area contributed by atoms with Crippen molar-refractivity contribution in [3.8, 4) is 0 Å². The number of ether oxygens (including phenoxy) is 1. The van der Waals surface area contributed by atoms with Crippen LogP contribution in [0.15, 0.2) is 24.3 Å². The van der Waals surface area contributed by atoms with Gasteiger partial charge in [0.2, 0.25) is 0 Å². The molecule has 0 aliphatic heterocycles. The lowest BCUT2D eigenvalue weighted by Gasteiger charge is -2.10. The summed E-state index contributed by atoms with van der Waals surface area (Å²) >= 11 is 0. The van der Waals surface area contributed by atoms with Crippen LogP contribution >= 0.6 is 0 Å². The largest absolute Gasteiger partial charge is 0.466 e. The molecule has 6 heteroatoms. The van der Waals surface area contributed by atoms with Crippen LogP contribution in [0.1, 0.15) is 31.4 Å². The molecule has 0 heterocycles. The first-order valence-electron chi connectivity index (χ1n) is 5.62. The van der Waals surface area contributed by atoms with Crippen molar-refractivity contribution in [2.75, 3.05) is 6.61 Å². The Bertz CT molecular complexity index is 432. The summed E-state index contributed by atoms with van der Waals surface area (Å²) in [5.74, 6) is -0.387. The number of non-ortho nitro benzene ring substituents is 1. The number of nitrogens with zero attached hydrogens (tertiary/aromatic N) is 1. The Balaban J connectivity index is 2.61. The molecule has 18 heavy (non-hydrogen) atoms. The number of carbonyl (C=O) groups excluding carboxylic acids is 1. The maximum absolute atomic E-state index is 11.1. The van der Waals surface area contributed by atoms with E-state index >= 15 is 0 Å². The van der Waals surface area contributed by atoms with Gasteiger partial charge in [0.1, 0.15) is 0 Å². The van der Waals surface area contributed by atoms with Crippen molar-refractivity contribution in [2.45, 2.75) is 25.9 Å². The minimum atomic E-state index is -0.908. The van der Waals surface area contributed by atoms with E-state index in [2.05, 4.69) is 0 Å². The van der Waals surface area contributed by atoms with Crippen LogP contribution in [-0.4, -0.2) is 22.6 Å². The van der Waals surface area contributed by atoms with E-state index in [-0.39, 0.29) is 24.5 Å². The van der Waals surface area contributed by atoms with Gasteiger partial charge < -0.3 is 9.84 Å². The standard InChI is InChI=1S/C12H15NO5/c1-2-18-12(15)7-6-11(14)9-4-3-5-10(8-9)13(16)17/h3-5,8,11,14H,2,6-7H2,1H3. The van der Waals surface area contributed by atoms with E-state index < -0.39 is 11.0 Å². The quantitative estimate of drug-likeness (QED) is 0.475. The predicted molar refractivity (Wildman–Crippen MR) is 63.9 cm³/mol. The van der Waals surface area contributed by atoms with Crippen molar-refractivity contribution in [2.24, 2.45) is 0 Å². The molecule has 0 fully saturated rings. The summed E-state index contributed by atoms with van der Waals surface area (Å²) in [7, 11) is 0. The van der Waals surface area contributed by atoms with Gasteiger partial charge in [-0.2, -0.15) is 0 Å². The Morgan fingerprint density at radius 1 is 1.56 bits per heavy atom. The van der Waals surface area contributed by atoms with Gasteiger partial charge >= 0.3 is 5.97 Å². The number of nitro benzene ring substituents is 1. The topological polar surface area (TPSA) is 89.7 Å². The molecule has 1 aromatic rings. The van der Waals surface area contributed by atoms with E-state index in [0.717, 1.165) is 0 Å². The van der Waals surface area contributed by atoms with Gasteiger partial charge in [-0.15, -0.1) is 0 Å². The number of nitro groups is 1. The molecule has 1 N–H and O–H groups in total. The third-order valence-electron chi connectivity index (χ3n) is 2.39. The zero-order valence-electron chi connectivity index (χ0n) is 10.0. The molecule has 0 aliphatic carbocycles. The molecule has 1 atom stereocenters. The molecule has 0 saturated heterocycles. The van der Waals surface area contributed by atoms with Crippen LogP contribution in [0.5, 0.6) is 0 Å². The van der Waals surface area contributed by atoms with E-state index in [1.807, 2.05) is 0 Å². The fraction of sp³-hybridized carbons (Fsp3) is 0.417. The fourth-order valence-electron chi connectivity index (χ4n) is 1.50. The molecule has 0 amide bonds. The van der Waals surface area contributed by atoms with Crippen molar-refractivity contribution < 1.29 is 19.6 Å². The summed E-state index contributed by atoms with van der Waals surface area (Å²) < 4.78 is 4.73. The van der Waals surface area contributed by atoms with Gasteiger partial charge in [0.15, 0.2) is 0 Å². The lowest BCUT2D eigenvalue weighted by atomic mass is 10.0. The number of aliphatic hydroxyl groups excluding tert-OH is 1. The normalized spacial score (nSPS) is 11.9. The van der Waals surface area contributed by atoms with Crippen LogP contribution in [0.2, 0.25) is 0 Å². The molecule has 0 saturated carbocycles. The van der Waals surface area contributed by atoms with Crippen LogP contribution in [0.25, 0.3) is 0 Å². The summed E-state index contributed by atoms with van der Waals surface area (Å²) in [6.45, 7) is 2.00. The highest BCUT2D eigenvalue weighted by molar-refractivity contribution is 5.69. The van der Waals surface area contributed by atoms with E-state index in [1.165, 1.54) is 18.2 Å². The lowest BCUT2D eigenvalue weighted by Crippen LogP contribution is -2.07. The smallest absolute Gasteiger partial charge is 0.305 e. The van der Waals surface area contributed by atoms with Gasteiger partial charge in [-0.3, -0.25) is 14.9 Å². The van der Waals surface area contributed by atoms with Crippen molar-refractivity contribution in [3.05, 3.63) is 39.9 Å². The third kappa shape index (κ3) is 4.14. The summed E-state index contributed by atoms with van der Waals surface area (Å²) in [5, 5.41) is 20.4. The van der Waals surface area contributed by atoms with Gasteiger partial charge in [0.25, 0.3) is 5.69 Å². The maximum atomic E-state index is 11.1. The van der Waals surface area contributed by atoms with E-state index in [0.29, 0.717) is 12.2 Å². The highest BCUT2D eigenvalue weighted by atomic mass is 16.6. The van der Waals surface area contributed by atoms with Crippen LogP contribution < -0.4 is 0 Å². The highest BCUT2D eigenvalue weighted by Gasteiger charge is 2.14. The fourth-order valence-corrected chi connectivity index (χ4v) is 1.50. The number of benzene rings is 1. The zero-order valence-corrected chi connectivity index (χ0v) is 10.0. The van der Waals surface area contributed by atoms with E-state index in [1.54, 1.807) is 13.0 Å². The molecule has 0 aromatic heterocycles. The van der Waals surface area contributed by atoms with Crippen molar-refractivity contribution >= 4 is 11.7 Å². The molecular formula is C12H15NO5. The van der Waals surface area contributed by atoms with Gasteiger partial charge in [0, 0.05) is 18.6 Å². The number of hydrogen-bond donors (Lipinski definition) is 1. The van der Waals surface area contributed by atoms with Crippen LogP contribution in [0, 0.1) is 10.1 Å². The number of rotatable bonds is 6. The second kappa shape index (κ2) is 6.70. The van der Waals surface area contributed by atoms with Crippen molar-refractivity contribution in [1.29, 1.82) is 0 Å². The Labute approximate surface area is 104 Å². The highest BCUT2D eigenvalue weighted by Crippen LogP contribution is 2.22. The Kier molecular flexibility index (Phi) is 5.26. The first-order chi connectivity index (χ1) is 8.54. The molecule has 0 bridgehead atoms. The molecule has 98 valence electrons. The number of hydrogen-bond acceptors (Lipinski definition) is 5. The minimum absolute atomic E-state index is 0.0808. The Morgan fingerprint density at radius 2 is 2.28 bits per heavy atom. The molecule has 0 aliphatic rings. The van der Waals surface area contributed by atoms with Gasteiger partial charge in [-0.05, 0) is 18.9 Å². The first kappa shape index (κ1) is 14.1. The Morgan fingerprint density at radius 3 is 2.89 bits per heavy atom. The van der Waals surface area contributed by atoms with Crippen LogP contribution in [0.3, 0.4) is 0 Å². The monoisotopic (exact) mass is 253 g/mol. The molecule has 1 rings (SSSR count). The van der Waals surface area contributed by atoms with Gasteiger partial charge in [0.05, 0.1) is 17.6 Å². The van der Waals surface area contributed by atoms with Crippen molar-refractivity contribution in [1.82, 2.24) is 0 Å². The summed E-state index contributed by atoms with van der Waals surface area (Å²) in [4.78, 5) is 21.2. The third-order valence-corrected chi connectivity index (χ3v) is 2.39.